The van der Waals surface area contributed by atoms with E-state index in [2.05, 4.69) is 34.6 Å². The van der Waals surface area contributed by atoms with Crippen LogP contribution in [0.5, 0.6) is 5.75 Å². The Hall–Kier alpha value is -1.93. The first-order chi connectivity index (χ1) is 15.5. The summed E-state index contributed by atoms with van der Waals surface area (Å²) >= 11 is 0. The van der Waals surface area contributed by atoms with E-state index in [-0.39, 0.29) is 6.10 Å². The molecule has 0 amide bonds. The molecule has 0 radical (unpaired) electrons. The number of hydrogen-bond donors (Lipinski definition) is 3. The standard InChI is InChI=1S/C25H38N4O3/c1-25(26,10-11-27-2)23-17-28-29-24(23)19-3-5-20(6-4-19)32-22-15-21(16-22)31-14-9-18-7-12-30-13-8-18/h3-6,17-18,21-22,27H,7-16,26H2,1-2H3,(H,28,29). The van der Waals surface area contributed by atoms with Crippen molar-refractivity contribution in [3.63, 3.8) is 0 Å². The molecule has 1 saturated carbocycles. The van der Waals surface area contributed by atoms with E-state index >= 15 is 0 Å². The Morgan fingerprint density at radius 2 is 1.94 bits per heavy atom. The Bertz CT molecular complexity index is 824. The van der Waals surface area contributed by atoms with Gasteiger partial charge in [-0.15, -0.1) is 0 Å². The minimum Gasteiger partial charge on any atom is -0.490 e. The van der Waals surface area contributed by atoms with Gasteiger partial charge >= 0.3 is 0 Å². The molecule has 7 nitrogen and oxygen atoms in total. The van der Waals surface area contributed by atoms with Crippen molar-refractivity contribution in [3.05, 3.63) is 36.0 Å². The molecule has 1 saturated heterocycles. The SMILES string of the molecule is CNCCC(C)(N)c1cn[nH]c1-c1ccc(OC2CC(OCCC3CCOCC3)C2)cc1. The summed E-state index contributed by atoms with van der Waals surface area (Å²) in [6.07, 6.45) is 8.70. The number of nitrogens with two attached hydrogens (primary N) is 1. The number of ether oxygens (including phenoxy) is 3. The van der Waals surface area contributed by atoms with Crippen LogP contribution >= 0.6 is 0 Å². The molecule has 1 unspecified atom stereocenters. The van der Waals surface area contributed by atoms with Crippen molar-refractivity contribution in [2.45, 2.75) is 63.2 Å². The van der Waals surface area contributed by atoms with Gasteiger partial charge in [0.2, 0.25) is 0 Å². The van der Waals surface area contributed by atoms with E-state index in [0.717, 1.165) is 80.5 Å². The molecular weight excluding hydrogens is 404 g/mol. The van der Waals surface area contributed by atoms with E-state index in [4.69, 9.17) is 19.9 Å². The van der Waals surface area contributed by atoms with Crippen LogP contribution in [0.15, 0.2) is 30.5 Å². The van der Waals surface area contributed by atoms with Crippen LogP contribution in [0.25, 0.3) is 11.3 Å². The first-order valence-corrected chi connectivity index (χ1v) is 12.0. The Morgan fingerprint density at radius 1 is 1.19 bits per heavy atom. The van der Waals surface area contributed by atoms with Crippen LogP contribution < -0.4 is 15.8 Å². The van der Waals surface area contributed by atoms with Crippen molar-refractivity contribution in [3.8, 4) is 17.0 Å². The lowest BCUT2D eigenvalue weighted by molar-refractivity contribution is -0.0665. The van der Waals surface area contributed by atoms with Gasteiger partial charge in [0, 0.05) is 49.3 Å². The highest BCUT2D eigenvalue weighted by Crippen LogP contribution is 2.33. The smallest absolute Gasteiger partial charge is 0.119 e. The molecule has 1 atom stereocenters. The first kappa shape index (κ1) is 23.2. The van der Waals surface area contributed by atoms with E-state index < -0.39 is 5.54 Å². The number of hydrogen-bond acceptors (Lipinski definition) is 6. The summed E-state index contributed by atoms with van der Waals surface area (Å²) in [6.45, 7) is 5.58. The summed E-state index contributed by atoms with van der Waals surface area (Å²) in [4.78, 5) is 0. The van der Waals surface area contributed by atoms with E-state index in [0.29, 0.717) is 6.10 Å². The Morgan fingerprint density at radius 3 is 2.66 bits per heavy atom. The molecular formula is C25H38N4O3. The second-order valence-electron chi connectivity index (χ2n) is 9.50. The van der Waals surface area contributed by atoms with Crippen molar-refractivity contribution < 1.29 is 14.2 Å². The fourth-order valence-electron chi connectivity index (χ4n) is 4.54. The van der Waals surface area contributed by atoms with Crippen molar-refractivity contribution in [1.82, 2.24) is 15.5 Å². The summed E-state index contributed by atoms with van der Waals surface area (Å²) in [6, 6.07) is 8.20. The van der Waals surface area contributed by atoms with Gasteiger partial charge in [0.15, 0.2) is 0 Å². The topological polar surface area (TPSA) is 94.4 Å². The molecule has 1 aromatic carbocycles. The van der Waals surface area contributed by atoms with Crippen molar-refractivity contribution >= 4 is 0 Å². The summed E-state index contributed by atoms with van der Waals surface area (Å²) in [5, 5.41) is 10.5. The highest BCUT2D eigenvalue weighted by atomic mass is 16.5. The van der Waals surface area contributed by atoms with Crippen LogP contribution in [0.1, 0.15) is 51.0 Å². The lowest BCUT2D eigenvalue weighted by Crippen LogP contribution is -2.39. The van der Waals surface area contributed by atoms with Gasteiger partial charge < -0.3 is 25.3 Å². The van der Waals surface area contributed by atoms with Crippen LogP contribution in [0.2, 0.25) is 0 Å². The zero-order valence-corrected chi connectivity index (χ0v) is 19.4. The number of nitrogens with zero attached hydrogens (tertiary/aromatic N) is 1. The summed E-state index contributed by atoms with van der Waals surface area (Å²) in [5.41, 5.74) is 9.19. The maximum Gasteiger partial charge on any atom is 0.119 e. The van der Waals surface area contributed by atoms with Crippen LogP contribution in [-0.4, -0.2) is 55.8 Å². The average Bonchev–Trinajstić information content (AvgIpc) is 3.28. The molecule has 0 spiro atoms. The molecule has 7 heteroatoms. The highest BCUT2D eigenvalue weighted by Gasteiger charge is 2.32. The van der Waals surface area contributed by atoms with Gasteiger partial charge in [-0.1, -0.05) is 0 Å². The molecule has 2 aromatic rings. The maximum absolute atomic E-state index is 6.58. The first-order valence-electron chi connectivity index (χ1n) is 12.0. The van der Waals surface area contributed by atoms with E-state index in [1.807, 2.05) is 25.4 Å². The fourth-order valence-corrected chi connectivity index (χ4v) is 4.54. The molecule has 0 bridgehead atoms. The molecule has 2 fully saturated rings. The lowest BCUT2D eigenvalue weighted by Gasteiger charge is -2.35. The third kappa shape index (κ3) is 5.90. The van der Waals surface area contributed by atoms with Gasteiger partial charge in [0.05, 0.1) is 18.0 Å². The monoisotopic (exact) mass is 442 g/mol. The molecule has 2 heterocycles. The van der Waals surface area contributed by atoms with Crippen LogP contribution in [0.3, 0.4) is 0 Å². The van der Waals surface area contributed by atoms with Crippen LogP contribution in [-0.2, 0) is 15.0 Å². The lowest BCUT2D eigenvalue weighted by atomic mass is 9.88. The number of rotatable bonds is 11. The van der Waals surface area contributed by atoms with Gasteiger partial charge in [-0.3, -0.25) is 5.10 Å². The summed E-state index contributed by atoms with van der Waals surface area (Å²) in [7, 11) is 1.94. The molecule has 32 heavy (non-hydrogen) atoms. The number of aromatic nitrogens is 2. The zero-order valence-electron chi connectivity index (χ0n) is 19.4. The van der Waals surface area contributed by atoms with Gasteiger partial charge in [-0.25, -0.2) is 0 Å². The van der Waals surface area contributed by atoms with Gasteiger partial charge in [0.25, 0.3) is 0 Å². The van der Waals surface area contributed by atoms with Gasteiger partial charge in [0.1, 0.15) is 11.9 Å². The molecule has 1 aliphatic carbocycles. The average molecular weight is 443 g/mol. The van der Waals surface area contributed by atoms with E-state index in [1.165, 1.54) is 12.8 Å². The van der Waals surface area contributed by atoms with E-state index in [1.54, 1.807) is 0 Å². The summed E-state index contributed by atoms with van der Waals surface area (Å²) in [5.74, 6) is 1.66. The highest BCUT2D eigenvalue weighted by molar-refractivity contribution is 5.64. The second-order valence-corrected chi connectivity index (χ2v) is 9.50. The van der Waals surface area contributed by atoms with E-state index in [9.17, 15) is 0 Å². The van der Waals surface area contributed by atoms with Gasteiger partial charge in [-0.05, 0) is 76.4 Å². The number of nitrogens with one attached hydrogen (secondary N) is 2. The normalized spacial score (nSPS) is 23.5. The Kier molecular flexibility index (Phi) is 7.84. The molecule has 1 aliphatic heterocycles. The third-order valence-electron chi connectivity index (χ3n) is 6.87. The number of H-pyrrole nitrogens is 1. The number of benzene rings is 1. The molecule has 176 valence electrons. The minimum atomic E-state index is -0.452. The van der Waals surface area contributed by atoms with Crippen molar-refractivity contribution in [2.75, 3.05) is 33.4 Å². The van der Waals surface area contributed by atoms with Crippen molar-refractivity contribution in [1.29, 1.82) is 0 Å². The predicted molar refractivity (Wildman–Crippen MR) is 126 cm³/mol. The van der Waals surface area contributed by atoms with Gasteiger partial charge in [-0.2, -0.15) is 5.10 Å². The van der Waals surface area contributed by atoms with Crippen LogP contribution in [0.4, 0.5) is 0 Å². The minimum absolute atomic E-state index is 0.241. The Labute approximate surface area is 191 Å². The predicted octanol–water partition coefficient (Wildman–Crippen LogP) is 3.60. The third-order valence-corrected chi connectivity index (χ3v) is 6.87. The molecule has 1 aromatic heterocycles. The number of aromatic amines is 1. The quantitative estimate of drug-likeness (QED) is 0.492. The van der Waals surface area contributed by atoms with Crippen molar-refractivity contribution in [2.24, 2.45) is 11.7 Å². The molecule has 4 N–H and O–H groups in total. The molecule has 2 aliphatic rings. The summed E-state index contributed by atoms with van der Waals surface area (Å²) < 4.78 is 17.6. The fraction of sp³-hybridized carbons (Fsp3) is 0.640. The maximum atomic E-state index is 6.58. The largest absolute Gasteiger partial charge is 0.490 e. The van der Waals surface area contributed by atoms with Crippen LogP contribution in [0, 0.1) is 5.92 Å². The second kappa shape index (κ2) is 10.8. The molecule has 4 rings (SSSR count). The Balaban J connectivity index is 1.23. The zero-order chi connectivity index (χ0) is 22.4.